The van der Waals surface area contributed by atoms with Crippen LogP contribution in [0.3, 0.4) is 0 Å². The number of hydrogen-bond acceptors (Lipinski definition) is 3. The molecule has 1 heterocycles. The molecule has 16 heavy (non-hydrogen) atoms. The summed E-state index contributed by atoms with van der Waals surface area (Å²) in [5.41, 5.74) is 0.140. The number of hydrogen-bond donors (Lipinski definition) is 1. The van der Waals surface area contributed by atoms with E-state index in [0.29, 0.717) is 6.04 Å². The second kappa shape index (κ2) is 5.48. The first-order chi connectivity index (χ1) is 7.46. The topological polar surface area (TPSA) is 30.5 Å². The minimum absolute atomic E-state index is 0.0556. The molecule has 0 spiro atoms. The lowest BCUT2D eigenvalue weighted by molar-refractivity contribution is -0.142. The van der Waals surface area contributed by atoms with Crippen LogP contribution >= 0.6 is 0 Å². The average Bonchev–Trinajstić information content (AvgIpc) is 2.18. The lowest BCUT2D eigenvalue weighted by atomic mass is 9.72. The smallest absolute Gasteiger partial charge is 0.0883 e. The van der Waals surface area contributed by atoms with E-state index in [1.807, 2.05) is 7.05 Å². The Morgan fingerprint density at radius 3 is 2.25 bits per heavy atom. The van der Waals surface area contributed by atoms with Gasteiger partial charge in [0.25, 0.3) is 0 Å². The Morgan fingerprint density at radius 1 is 1.31 bits per heavy atom. The van der Waals surface area contributed by atoms with E-state index in [2.05, 4.69) is 33.0 Å². The minimum atomic E-state index is -0.0556. The highest BCUT2D eigenvalue weighted by Crippen LogP contribution is 2.37. The molecule has 1 aliphatic heterocycles. The van der Waals surface area contributed by atoms with E-state index in [-0.39, 0.29) is 11.0 Å². The Morgan fingerprint density at radius 2 is 1.88 bits per heavy atom. The Labute approximate surface area is 99.9 Å². The van der Waals surface area contributed by atoms with Crippen LogP contribution in [0.5, 0.6) is 0 Å². The van der Waals surface area contributed by atoms with Gasteiger partial charge in [-0.05, 0) is 19.4 Å². The number of ether oxygens (including phenoxy) is 2. The van der Waals surface area contributed by atoms with Crippen molar-refractivity contribution in [3.05, 3.63) is 0 Å². The molecule has 0 aromatic heterocycles. The Balaban J connectivity index is 2.88. The first-order valence-corrected chi connectivity index (χ1v) is 6.35. The zero-order valence-electron chi connectivity index (χ0n) is 11.4. The van der Waals surface area contributed by atoms with Crippen LogP contribution in [-0.4, -0.2) is 38.5 Å². The van der Waals surface area contributed by atoms with Crippen LogP contribution in [0.2, 0.25) is 0 Å². The zero-order chi connectivity index (χ0) is 12.2. The third kappa shape index (κ3) is 2.96. The molecule has 1 N–H and O–H groups in total. The Hall–Kier alpha value is -0.120. The SMILES string of the molecule is CCOC1(C(NC)C(C)(C)C)CCOCC1. The monoisotopic (exact) mass is 229 g/mol. The first kappa shape index (κ1) is 13.9. The van der Waals surface area contributed by atoms with Gasteiger partial charge in [0.2, 0.25) is 0 Å². The van der Waals surface area contributed by atoms with E-state index >= 15 is 0 Å². The molecule has 0 aromatic rings. The van der Waals surface area contributed by atoms with Gasteiger partial charge in [-0.15, -0.1) is 0 Å². The molecule has 3 nitrogen and oxygen atoms in total. The van der Waals surface area contributed by atoms with Crippen LogP contribution in [0.4, 0.5) is 0 Å². The highest BCUT2D eigenvalue weighted by atomic mass is 16.5. The van der Waals surface area contributed by atoms with Crippen molar-refractivity contribution in [3.8, 4) is 0 Å². The van der Waals surface area contributed by atoms with Crippen LogP contribution in [0, 0.1) is 5.41 Å². The van der Waals surface area contributed by atoms with Crippen LogP contribution in [0.15, 0.2) is 0 Å². The summed E-state index contributed by atoms with van der Waals surface area (Å²) in [6, 6.07) is 0.365. The largest absolute Gasteiger partial charge is 0.381 e. The molecule has 1 atom stereocenters. The Kier molecular flexibility index (Phi) is 4.77. The van der Waals surface area contributed by atoms with Gasteiger partial charge in [0.05, 0.1) is 5.60 Å². The van der Waals surface area contributed by atoms with E-state index in [1.165, 1.54) is 0 Å². The van der Waals surface area contributed by atoms with Crippen molar-refractivity contribution in [2.45, 2.75) is 52.2 Å². The van der Waals surface area contributed by atoms with Crippen LogP contribution < -0.4 is 5.32 Å². The van der Waals surface area contributed by atoms with E-state index < -0.39 is 0 Å². The van der Waals surface area contributed by atoms with Crippen LogP contribution in [0.25, 0.3) is 0 Å². The third-order valence-corrected chi connectivity index (χ3v) is 3.45. The summed E-state index contributed by atoms with van der Waals surface area (Å²) in [5.74, 6) is 0. The van der Waals surface area contributed by atoms with Gasteiger partial charge in [0.1, 0.15) is 0 Å². The molecule has 0 saturated carbocycles. The molecule has 1 unspecified atom stereocenters. The standard InChI is InChI=1S/C13H27NO2/c1-6-16-13(7-9-15-10-8-13)11(14-5)12(2,3)4/h11,14H,6-10H2,1-5H3. The molecule has 1 fully saturated rings. The van der Waals surface area contributed by atoms with Gasteiger partial charge in [-0.3, -0.25) is 0 Å². The van der Waals surface area contributed by atoms with Crippen molar-refractivity contribution < 1.29 is 9.47 Å². The van der Waals surface area contributed by atoms with Crippen molar-refractivity contribution in [3.63, 3.8) is 0 Å². The van der Waals surface area contributed by atoms with Gasteiger partial charge >= 0.3 is 0 Å². The maximum absolute atomic E-state index is 6.11. The highest BCUT2D eigenvalue weighted by Gasteiger charge is 2.45. The fourth-order valence-corrected chi connectivity index (χ4v) is 3.01. The van der Waals surface area contributed by atoms with E-state index in [1.54, 1.807) is 0 Å². The average molecular weight is 229 g/mol. The lowest BCUT2D eigenvalue weighted by Gasteiger charge is -2.48. The third-order valence-electron chi connectivity index (χ3n) is 3.45. The number of likely N-dealkylation sites (N-methyl/N-ethyl adjacent to an activating group) is 1. The summed E-state index contributed by atoms with van der Waals surface area (Å²) < 4.78 is 11.6. The molecule has 1 aliphatic rings. The van der Waals surface area contributed by atoms with E-state index in [4.69, 9.17) is 9.47 Å². The molecule has 1 saturated heterocycles. The van der Waals surface area contributed by atoms with Gasteiger partial charge in [-0.1, -0.05) is 20.8 Å². The predicted molar refractivity (Wildman–Crippen MR) is 66.7 cm³/mol. The van der Waals surface area contributed by atoms with Crippen molar-refractivity contribution in [2.75, 3.05) is 26.9 Å². The zero-order valence-corrected chi connectivity index (χ0v) is 11.4. The normalized spacial score (nSPS) is 23.1. The molecule has 96 valence electrons. The fraction of sp³-hybridized carbons (Fsp3) is 1.00. The minimum Gasteiger partial charge on any atom is -0.381 e. The maximum Gasteiger partial charge on any atom is 0.0883 e. The van der Waals surface area contributed by atoms with Crippen molar-refractivity contribution >= 4 is 0 Å². The van der Waals surface area contributed by atoms with Crippen molar-refractivity contribution in [1.82, 2.24) is 5.32 Å². The molecular formula is C13H27NO2. The molecular weight excluding hydrogens is 202 g/mol. The summed E-state index contributed by atoms with van der Waals surface area (Å²) in [4.78, 5) is 0. The van der Waals surface area contributed by atoms with Gasteiger partial charge in [-0.25, -0.2) is 0 Å². The molecule has 0 aliphatic carbocycles. The first-order valence-electron chi connectivity index (χ1n) is 6.35. The number of rotatable bonds is 4. The van der Waals surface area contributed by atoms with Gasteiger partial charge in [0, 0.05) is 38.7 Å². The highest BCUT2D eigenvalue weighted by molar-refractivity contribution is 5.00. The molecule has 0 bridgehead atoms. The van der Waals surface area contributed by atoms with Crippen molar-refractivity contribution in [1.29, 1.82) is 0 Å². The van der Waals surface area contributed by atoms with E-state index in [0.717, 1.165) is 32.7 Å². The molecule has 0 amide bonds. The van der Waals surface area contributed by atoms with Gasteiger partial charge in [0.15, 0.2) is 0 Å². The Bertz CT molecular complexity index is 199. The second-order valence-electron chi connectivity index (χ2n) is 5.70. The summed E-state index contributed by atoms with van der Waals surface area (Å²) in [6.07, 6.45) is 1.98. The fourth-order valence-electron chi connectivity index (χ4n) is 3.01. The number of nitrogens with one attached hydrogen (secondary N) is 1. The van der Waals surface area contributed by atoms with E-state index in [9.17, 15) is 0 Å². The van der Waals surface area contributed by atoms with Crippen LogP contribution in [0.1, 0.15) is 40.5 Å². The second-order valence-corrected chi connectivity index (χ2v) is 5.70. The molecule has 0 aromatic carbocycles. The summed E-state index contributed by atoms with van der Waals surface area (Å²) in [6.45, 7) is 11.3. The lowest BCUT2D eigenvalue weighted by Crippen LogP contribution is -2.60. The predicted octanol–water partition coefficient (Wildman–Crippen LogP) is 2.21. The summed E-state index contributed by atoms with van der Waals surface area (Å²) in [5, 5.41) is 3.46. The van der Waals surface area contributed by atoms with Crippen molar-refractivity contribution in [2.24, 2.45) is 5.41 Å². The quantitative estimate of drug-likeness (QED) is 0.801. The van der Waals surface area contributed by atoms with Gasteiger partial charge in [-0.2, -0.15) is 0 Å². The molecule has 0 radical (unpaired) electrons. The molecule has 3 heteroatoms. The van der Waals surface area contributed by atoms with Crippen LogP contribution in [-0.2, 0) is 9.47 Å². The molecule has 1 rings (SSSR count). The summed E-state index contributed by atoms with van der Waals surface area (Å²) >= 11 is 0. The maximum atomic E-state index is 6.11. The van der Waals surface area contributed by atoms with Gasteiger partial charge < -0.3 is 14.8 Å². The summed E-state index contributed by atoms with van der Waals surface area (Å²) in [7, 11) is 2.03.